The molecule has 1 aromatic carbocycles. The van der Waals surface area contributed by atoms with Crippen LogP contribution in [0.25, 0.3) is 0 Å². The van der Waals surface area contributed by atoms with Gasteiger partial charge in [0.25, 0.3) is 0 Å². The molecule has 1 fully saturated rings. The molecule has 0 aliphatic carbocycles. The highest BCUT2D eigenvalue weighted by Gasteiger charge is 2.51. The fraction of sp³-hybridized carbons (Fsp3) is 0.674. The number of Topliss-reactive ketones (excluding diaryl/α,β-unsaturated/α-hetero) is 1. The smallest absolute Gasteiger partial charge is 0.306 e. The molecule has 4 N–H and O–H groups in total. The lowest BCUT2D eigenvalue weighted by Crippen LogP contribution is -2.66. The summed E-state index contributed by atoms with van der Waals surface area (Å²) in [5.74, 6) is -4.46. The zero-order chi connectivity index (χ0) is 51.0. The highest BCUT2D eigenvalue weighted by molar-refractivity contribution is 5.79. The topological polar surface area (TPSA) is 294 Å². The van der Waals surface area contributed by atoms with E-state index in [1.54, 1.807) is 13.8 Å². The first-order valence-corrected chi connectivity index (χ1v) is 22.9. The number of rotatable bonds is 35. The van der Waals surface area contributed by atoms with Gasteiger partial charge >= 0.3 is 23.9 Å². The van der Waals surface area contributed by atoms with Gasteiger partial charge in [0, 0.05) is 79.3 Å². The van der Waals surface area contributed by atoms with Crippen LogP contribution in [0.15, 0.2) is 30.3 Å². The molecule has 0 spiro atoms. The molecule has 23 heteroatoms. The van der Waals surface area contributed by atoms with E-state index in [2.05, 4.69) is 21.3 Å². The van der Waals surface area contributed by atoms with Crippen LogP contribution in [0.5, 0.6) is 0 Å². The van der Waals surface area contributed by atoms with Crippen molar-refractivity contribution in [2.75, 3.05) is 72.7 Å². The number of ether oxygens (including phenoxy) is 10. The number of carbonyl (C=O) groups excluding carboxylic acids is 9. The molecule has 0 aromatic heterocycles. The molecule has 1 aromatic rings. The van der Waals surface area contributed by atoms with Crippen molar-refractivity contribution in [2.24, 2.45) is 0 Å². The fourth-order valence-electron chi connectivity index (χ4n) is 6.60. The van der Waals surface area contributed by atoms with E-state index < -0.39 is 85.3 Å². The van der Waals surface area contributed by atoms with Crippen molar-refractivity contribution in [3.05, 3.63) is 35.9 Å². The van der Waals surface area contributed by atoms with Crippen LogP contribution in [-0.4, -0.2) is 162 Å². The Kier molecular flexibility index (Phi) is 29.2. The normalized spacial score (nSPS) is 17.7. The van der Waals surface area contributed by atoms with Crippen LogP contribution in [-0.2, 0) is 97.1 Å². The Labute approximate surface area is 402 Å². The van der Waals surface area contributed by atoms with Crippen LogP contribution in [0.1, 0.15) is 92.1 Å². The van der Waals surface area contributed by atoms with Gasteiger partial charge in [-0.05, 0) is 25.8 Å². The summed E-state index contributed by atoms with van der Waals surface area (Å²) in [7, 11) is 0. The Morgan fingerprint density at radius 3 is 1.71 bits per heavy atom. The molecule has 69 heavy (non-hydrogen) atoms. The Balaban J connectivity index is 2.07. The lowest BCUT2D eigenvalue weighted by molar-refractivity contribution is -0.293. The van der Waals surface area contributed by atoms with Gasteiger partial charge in [0.15, 0.2) is 18.5 Å². The summed E-state index contributed by atoms with van der Waals surface area (Å²) < 4.78 is 56.1. The lowest BCUT2D eigenvalue weighted by Gasteiger charge is -2.44. The third-order valence-electron chi connectivity index (χ3n) is 9.70. The molecular formula is C46H70N4O19. The Morgan fingerprint density at radius 2 is 1.17 bits per heavy atom. The van der Waals surface area contributed by atoms with Crippen LogP contribution in [0.3, 0.4) is 0 Å². The van der Waals surface area contributed by atoms with Crippen LogP contribution in [0.4, 0.5) is 0 Å². The SMILES string of the molecule is CCNC(=O)CCOCC(COCCC(=O)CCOCOC1OC(COC(C)=O)C(OC(C)=O)C(OC(C)=O)C1NC(C)=O)(COCCC(=O)NCC)NC(=O)CCCC(=O)OCc1ccccc1. The van der Waals surface area contributed by atoms with Gasteiger partial charge in [-0.3, -0.25) is 43.2 Å². The van der Waals surface area contributed by atoms with E-state index in [9.17, 15) is 43.2 Å². The van der Waals surface area contributed by atoms with Gasteiger partial charge in [-0.25, -0.2) is 0 Å². The monoisotopic (exact) mass is 982 g/mol. The van der Waals surface area contributed by atoms with Crippen molar-refractivity contribution in [3.63, 3.8) is 0 Å². The largest absolute Gasteiger partial charge is 0.463 e. The van der Waals surface area contributed by atoms with Crippen LogP contribution < -0.4 is 21.3 Å². The zero-order valence-corrected chi connectivity index (χ0v) is 40.5. The first-order valence-electron chi connectivity index (χ1n) is 22.9. The quantitative estimate of drug-likeness (QED) is 0.0317. The molecule has 388 valence electrons. The van der Waals surface area contributed by atoms with Crippen molar-refractivity contribution in [1.82, 2.24) is 21.3 Å². The maximum atomic E-state index is 13.4. The van der Waals surface area contributed by atoms with E-state index in [0.29, 0.717) is 13.1 Å². The molecule has 5 atom stereocenters. The van der Waals surface area contributed by atoms with Crippen molar-refractivity contribution in [3.8, 4) is 0 Å². The Bertz CT molecular complexity index is 1760. The minimum absolute atomic E-state index is 0.00494. The molecule has 4 amide bonds. The minimum Gasteiger partial charge on any atom is -0.463 e. The van der Waals surface area contributed by atoms with Gasteiger partial charge in [0.2, 0.25) is 23.6 Å². The molecule has 1 heterocycles. The van der Waals surface area contributed by atoms with Gasteiger partial charge in [-0.1, -0.05) is 30.3 Å². The number of amides is 4. The van der Waals surface area contributed by atoms with E-state index >= 15 is 0 Å². The molecule has 0 saturated carbocycles. The molecular weight excluding hydrogens is 913 g/mol. The van der Waals surface area contributed by atoms with Gasteiger partial charge in [-0.15, -0.1) is 0 Å². The molecule has 1 aliphatic heterocycles. The third kappa shape index (κ3) is 26.1. The molecule has 1 aliphatic rings. The molecule has 0 radical (unpaired) electrons. The average Bonchev–Trinajstić information content (AvgIpc) is 3.28. The second-order valence-corrected chi connectivity index (χ2v) is 15.8. The van der Waals surface area contributed by atoms with E-state index in [4.69, 9.17) is 47.4 Å². The first-order chi connectivity index (χ1) is 33.0. The van der Waals surface area contributed by atoms with Crippen molar-refractivity contribution in [1.29, 1.82) is 0 Å². The van der Waals surface area contributed by atoms with E-state index in [0.717, 1.165) is 26.3 Å². The van der Waals surface area contributed by atoms with E-state index in [1.807, 2.05) is 30.3 Å². The maximum absolute atomic E-state index is 13.4. The second-order valence-electron chi connectivity index (χ2n) is 15.8. The predicted octanol–water partition coefficient (Wildman–Crippen LogP) is 0.853. The van der Waals surface area contributed by atoms with Crippen molar-refractivity contribution in [2.45, 2.75) is 129 Å². The van der Waals surface area contributed by atoms with Gasteiger partial charge < -0.3 is 68.6 Å². The van der Waals surface area contributed by atoms with E-state index in [1.165, 1.54) is 6.92 Å². The van der Waals surface area contributed by atoms with Crippen LogP contribution in [0, 0.1) is 0 Å². The number of carbonyl (C=O) groups is 9. The highest BCUT2D eigenvalue weighted by Crippen LogP contribution is 2.28. The molecule has 5 unspecified atom stereocenters. The van der Waals surface area contributed by atoms with Gasteiger partial charge in [0.05, 0.1) is 46.2 Å². The summed E-state index contributed by atoms with van der Waals surface area (Å²) in [4.78, 5) is 111. The number of hydrogen-bond donors (Lipinski definition) is 4. The maximum Gasteiger partial charge on any atom is 0.306 e. The Hall–Kier alpha value is -5.59. The first kappa shape index (κ1) is 59.5. The highest BCUT2D eigenvalue weighted by atomic mass is 16.8. The average molecular weight is 983 g/mol. The van der Waals surface area contributed by atoms with Gasteiger partial charge in [-0.2, -0.15) is 0 Å². The summed E-state index contributed by atoms with van der Waals surface area (Å²) in [6, 6.07) is 7.94. The van der Waals surface area contributed by atoms with Gasteiger partial charge in [0.1, 0.15) is 43.5 Å². The van der Waals surface area contributed by atoms with Crippen LogP contribution >= 0.6 is 0 Å². The number of hydrogen-bond acceptors (Lipinski definition) is 19. The molecule has 1 saturated heterocycles. The lowest BCUT2D eigenvalue weighted by atomic mass is 9.96. The van der Waals surface area contributed by atoms with E-state index in [-0.39, 0.29) is 115 Å². The summed E-state index contributed by atoms with van der Waals surface area (Å²) in [5.41, 5.74) is -0.529. The van der Waals surface area contributed by atoms with Crippen molar-refractivity contribution < 1.29 is 90.5 Å². The number of benzene rings is 1. The second kappa shape index (κ2) is 33.8. The van der Waals surface area contributed by atoms with Crippen molar-refractivity contribution >= 4 is 53.3 Å². The summed E-state index contributed by atoms with van der Waals surface area (Å²) in [6.45, 7) is 7.39. The number of esters is 4. The fourth-order valence-corrected chi connectivity index (χ4v) is 6.60. The summed E-state index contributed by atoms with van der Waals surface area (Å²) in [5, 5.41) is 10.9. The summed E-state index contributed by atoms with van der Waals surface area (Å²) in [6.07, 6.45) is -5.22. The number of ketones is 1. The number of nitrogens with one attached hydrogen (secondary N) is 4. The minimum atomic E-state index is -1.37. The molecule has 23 nitrogen and oxygen atoms in total. The third-order valence-corrected chi connectivity index (χ3v) is 9.70. The van der Waals surface area contributed by atoms with Crippen LogP contribution in [0.2, 0.25) is 0 Å². The molecule has 2 rings (SSSR count). The standard InChI is InChI=1S/C46H70N4O19/c1-7-47-38(56)19-23-61-28-46(29-62-24-20-39(57)48-8-2,50-40(58)15-12-16-41(59)65-25-35-13-10-9-11-14-35)27-60-21-17-36(55)18-22-63-30-66-45-42(49-31(3)51)44(68-34(6)54)43(67-33(5)53)37(69-45)26-64-32(4)52/h9-11,13-14,37,42-45H,7-8,12,15-30H2,1-6H3,(H,47,56)(H,48,57)(H,49,51)(H,50,58). The molecule has 0 bridgehead atoms. The summed E-state index contributed by atoms with van der Waals surface area (Å²) >= 11 is 0. The predicted molar refractivity (Wildman–Crippen MR) is 240 cm³/mol. The zero-order valence-electron chi connectivity index (χ0n) is 40.5. The Morgan fingerprint density at radius 1 is 0.623 bits per heavy atom.